The molecule has 2 rings (SSSR count). The molecule has 0 saturated carbocycles. The van der Waals surface area contributed by atoms with Crippen molar-refractivity contribution >= 4 is 11.9 Å². The molecule has 0 bridgehead atoms. The minimum Gasteiger partial charge on any atom is -0.496 e. The predicted octanol–water partition coefficient (Wildman–Crippen LogP) is 1.83. The highest BCUT2D eigenvalue weighted by atomic mass is 16.5. The van der Waals surface area contributed by atoms with Crippen LogP contribution in [0.1, 0.15) is 35.2 Å². The topological polar surface area (TPSA) is 84.9 Å². The van der Waals surface area contributed by atoms with E-state index in [4.69, 9.17) is 14.6 Å². The highest BCUT2D eigenvalue weighted by Gasteiger charge is 2.17. The molecule has 1 aromatic carbocycles. The summed E-state index contributed by atoms with van der Waals surface area (Å²) in [6.45, 7) is 1.75. The SMILES string of the molecule is COc1ccc(CNC(=O)CC2CCOCC2)cc1C(=O)O. The third kappa shape index (κ3) is 4.46. The van der Waals surface area contributed by atoms with Crippen LogP contribution in [-0.2, 0) is 16.1 Å². The van der Waals surface area contributed by atoms with Crippen molar-refractivity contribution in [1.82, 2.24) is 5.32 Å². The lowest BCUT2D eigenvalue weighted by Crippen LogP contribution is -2.27. The number of aromatic carboxylic acids is 1. The van der Waals surface area contributed by atoms with Crippen molar-refractivity contribution in [3.8, 4) is 5.75 Å². The second-order valence-corrected chi connectivity index (χ2v) is 5.38. The highest BCUT2D eigenvalue weighted by Crippen LogP contribution is 2.20. The van der Waals surface area contributed by atoms with E-state index < -0.39 is 5.97 Å². The van der Waals surface area contributed by atoms with Crippen molar-refractivity contribution in [1.29, 1.82) is 0 Å². The first kappa shape index (κ1) is 16.3. The lowest BCUT2D eigenvalue weighted by molar-refractivity contribution is -0.122. The predicted molar refractivity (Wildman–Crippen MR) is 80.0 cm³/mol. The Morgan fingerprint density at radius 2 is 2.09 bits per heavy atom. The number of ether oxygens (including phenoxy) is 2. The summed E-state index contributed by atoms with van der Waals surface area (Å²) in [7, 11) is 1.43. The van der Waals surface area contributed by atoms with Gasteiger partial charge < -0.3 is 19.9 Å². The molecule has 6 heteroatoms. The van der Waals surface area contributed by atoms with E-state index in [1.54, 1.807) is 12.1 Å². The molecule has 6 nitrogen and oxygen atoms in total. The van der Waals surface area contributed by atoms with Crippen LogP contribution in [0, 0.1) is 5.92 Å². The molecular weight excluding hydrogens is 286 g/mol. The standard InChI is InChI=1S/C16H21NO5/c1-21-14-3-2-12(8-13(14)16(19)20)10-17-15(18)9-11-4-6-22-7-5-11/h2-3,8,11H,4-7,9-10H2,1H3,(H,17,18)(H,19,20). The van der Waals surface area contributed by atoms with E-state index in [0.29, 0.717) is 24.6 Å². The van der Waals surface area contributed by atoms with Gasteiger partial charge in [0.1, 0.15) is 11.3 Å². The van der Waals surface area contributed by atoms with Crippen LogP contribution in [0.25, 0.3) is 0 Å². The molecule has 0 unspecified atom stereocenters. The summed E-state index contributed by atoms with van der Waals surface area (Å²) in [6, 6.07) is 4.87. The Labute approximate surface area is 129 Å². The average Bonchev–Trinajstić information content (AvgIpc) is 2.53. The zero-order valence-electron chi connectivity index (χ0n) is 12.6. The fourth-order valence-corrected chi connectivity index (χ4v) is 2.52. The van der Waals surface area contributed by atoms with Gasteiger partial charge in [0.15, 0.2) is 0 Å². The van der Waals surface area contributed by atoms with Gasteiger partial charge in [0.05, 0.1) is 7.11 Å². The van der Waals surface area contributed by atoms with Gasteiger partial charge >= 0.3 is 5.97 Å². The molecule has 0 atom stereocenters. The van der Waals surface area contributed by atoms with Crippen molar-refractivity contribution in [2.45, 2.75) is 25.8 Å². The fourth-order valence-electron chi connectivity index (χ4n) is 2.52. The van der Waals surface area contributed by atoms with E-state index in [0.717, 1.165) is 31.6 Å². The normalized spacial score (nSPS) is 15.3. The summed E-state index contributed by atoms with van der Waals surface area (Å²) >= 11 is 0. The maximum absolute atomic E-state index is 11.9. The maximum Gasteiger partial charge on any atom is 0.339 e. The second kappa shape index (κ2) is 7.79. The number of amides is 1. The minimum atomic E-state index is -1.05. The minimum absolute atomic E-state index is 0.0143. The van der Waals surface area contributed by atoms with Gasteiger partial charge in [-0.2, -0.15) is 0 Å². The lowest BCUT2D eigenvalue weighted by atomic mass is 9.96. The van der Waals surface area contributed by atoms with E-state index >= 15 is 0 Å². The molecule has 0 radical (unpaired) electrons. The summed E-state index contributed by atoms with van der Waals surface area (Å²) in [5.41, 5.74) is 0.831. The van der Waals surface area contributed by atoms with Crippen LogP contribution in [0.5, 0.6) is 5.75 Å². The summed E-state index contributed by atoms with van der Waals surface area (Å²) in [4.78, 5) is 23.1. The van der Waals surface area contributed by atoms with Gasteiger partial charge in [0.25, 0.3) is 0 Å². The molecular formula is C16H21NO5. The van der Waals surface area contributed by atoms with E-state index in [-0.39, 0.29) is 11.5 Å². The number of carbonyl (C=O) groups is 2. The van der Waals surface area contributed by atoms with E-state index in [2.05, 4.69) is 5.32 Å². The number of carboxylic acid groups (broad SMARTS) is 1. The first-order valence-corrected chi connectivity index (χ1v) is 7.35. The third-order valence-electron chi connectivity index (χ3n) is 3.80. The maximum atomic E-state index is 11.9. The van der Waals surface area contributed by atoms with Gasteiger partial charge in [-0.1, -0.05) is 6.07 Å². The van der Waals surface area contributed by atoms with E-state index in [1.807, 2.05) is 0 Å². The molecule has 120 valence electrons. The Morgan fingerprint density at radius 3 is 2.73 bits per heavy atom. The summed E-state index contributed by atoms with van der Waals surface area (Å²) < 4.78 is 10.3. The van der Waals surface area contributed by atoms with E-state index in [9.17, 15) is 9.59 Å². The molecule has 1 fully saturated rings. The van der Waals surface area contributed by atoms with Gasteiger partial charge in [-0.15, -0.1) is 0 Å². The summed E-state index contributed by atoms with van der Waals surface area (Å²) in [6.07, 6.45) is 2.32. The first-order chi connectivity index (χ1) is 10.6. The smallest absolute Gasteiger partial charge is 0.339 e. The molecule has 1 saturated heterocycles. The van der Waals surface area contributed by atoms with Gasteiger partial charge in [-0.05, 0) is 36.5 Å². The van der Waals surface area contributed by atoms with Gasteiger partial charge in [0, 0.05) is 26.2 Å². The first-order valence-electron chi connectivity index (χ1n) is 7.35. The number of carbonyl (C=O) groups excluding carboxylic acids is 1. The third-order valence-corrected chi connectivity index (χ3v) is 3.80. The number of benzene rings is 1. The lowest BCUT2D eigenvalue weighted by Gasteiger charge is -2.21. The van der Waals surface area contributed by atoms with Crippen LogP contribution in [0.3, 0.4) is 0 Å². The van der Waals surface area contributed by atoms with Crippen LogP contribution in [-0.4, -0.2) is 37.3 Å². The molecule has 0 spiro atoms. The molecule has 1 aliphatic heterocycles. The highest BCUT2D eigenvalue weighted by molar-refractivity contribution is 5.91. The Hall–Kier alpha value is -2.08. The quantitative estimate of drug-likeness (QED) is 0.837. The van der Waals surface area contributed by atoms with Gasteiger partial charge in [0.2, 0.25) is 5.91 Å². The number of hydrogen-bond acceptors (Lipinski definition) is 4. The van der Waals surface area contributed by atoms with Gasteiger partial charge in [-0.25, -0.2) is 4.79 Å². The van der Waals surface area contributed by atoms with Crippen molar-refractivity contribution in [2.24, 2.45) is 5.92 Å². The molecule has 0 aliphatic carbocycles. The Balaban J connectivity index is 1.89. The van der Waals surface area contributed by atoms with Crippen LogP contribution in [0.4, 0.5) is 0 Å². The molecule has 1 aliphatic rings. The van der Waals surface area contributed by atoms with Crippen molar-refractivity contribution in [3.63, 3.8) is 0 Å². The number of carboxylic acids is 1. The van der Waals surface area contributed by atoms with Crippen LogP contribution in [0.15, 0.2) is 18.2 Å². The number of rotatable bonds is 6. The van der Waals surface area contributed by atoms with Crippen LogP contribution < -0.4 is 10.1 Å². The zero-order chi connectivity index (χ0) is 15.9. The summed E-state index contributed by atoms with van der Waals surface area (Å²) in [5, 5.41) is 12.0. The molecule has 1 amide bonds. The number of hydrogen-bond donors (Lipinski definition) is 2. The van der Waals surface area contributed by atoms with Crippen molar-refractivity contribution in [3.05, 3.63) is 29.3 Å². The largest absolute Gasteiger partial charge is 0.496 e. The Morgan fingerprint density at radius 1 is 1.36 bits per heavy atom. The van der Waals surface area contributed by atoms with Crippen molar-refractivity contribution < 1.29 is 24.2 Å². The van der Waals surface area contributed by atoms with E-state index in [1.165, 1.54) is 13.2 Å². The Bertz CT molecular complexity index is 537. The monoisotopic (exact) mass is 307 g/mol. The zero-order valence-corrected chi connectivity index (χ0v) is 12.6. The molecule has 22 heavy (non-hydrogen) atoms. The second-order valence-electron chi connectivity index (χ2n) is 5.38. The van der Waals surface area contributed by atoms with Crippen molar-refractivity contribution in [2.75, 3.05) is 20.3 Å². The number of methoxy groups -OCH3 is 1. The van der Waals surface area contributed by atoms with Crippen LogP contribution in [0.2, 0.25) is 0 Å². The fraction of sp³-hybridized carbons (Fsp3) is 0.500. The van der Waals surface area contributed by atoms with Gasteiger partial charge in [-0.3, -0.25) is 4.79 Å². The molecule has 2 N–H and O–H groups in total. The molecule has 1 heterocycles. The Kier molecular flexibility index (Phi) is 5.77. The number of nitrogens with one attached hydrogen (secondary N) is 1. The molecule has 1 aromatic rings. The average molecular weight is 307 g/mol. The molecule has 0 aromatic heterocycles. The van der Waals surface area contributed by atoms with Crippen LogP contribution >= 0.6 is 0 Å². The summed E-state index contributed by atoms with van der Waals surface area (Å²) in [5.74, 6) is -0.379.